The highest BCUT2D eigenvalue weighted by Crippen LogP contribution is 2.27. The molecule has 1 saturated heterocycles. The number of amides is 2. The van der Waals surface area contributed by atoms with Gasteiger partial charge in [0.15, 0.2) is 11.6 Å². The average molecular weight is 381 g/mol. The van der Waals surface area contributed by atoms with E-state index in [1.165, 1.54) is 0 Å². The number of rotatable bonds is 4. The molecule has 0 atom stereocenters. The van der Waals surface area contributed by atoms with Gasteiger partial charge in [0.05, 0.1) is 13.5 Å². The number of benzene rings is 1. The zero-order valence-corrected chi connectivity index (χ0v) is 16.0. The molecule has 2 aliphatic rings. The second kappa shape index (κ2) is 7.55. The minimum absolute atomic E-state index is 0.122. The van der Waals surface area contributed by atoms with Crippen LogP contribution in [0.2, 0.25) is 0 Å². The Morgan fingerprint density at radius 1 is 1.14 bits per heavy atom. The molecule has 0 radical (unpaired) electrons. The van der Waals surface area contributed by atoms with Crippen LogP contribution in [-0.4, -0.2) is 55.3 Å². The van der Waals surface area contributed by atoms with E-state index in [0.717, 1.165) is 36.6 Å². The molecule has 0 aliphatic carbocycles. The van der Waals surface area contributed by atoms with Gasteiger partial charge in [-0.25, -0.2) is 4.90 Å². The lowest BCUT2D eigenvalue weighted by molar-refractivity contribution is -0.117. The van der Waals surface area contributed by atoms with Crippen LogP contribution in [0.4, 0.5) is 11.6 Å². The van der Waals surface area contributed by atoms with E-state index in [1.807, 2.05) is 13.1 Å². The fourth-order valence-electron chi connectivity index (χ4n) is 3.77. The number of nitrogens with one attached hydrogen (secondary N) is 1. The predicted octanol–water partition coefficient (Wildman–Crippen LogP) is 1.40. The molecule has 3 heterocycles. The number of hydrogen-bond donors (Lipinski definition) is 1. The van der Waals surface area contributed by atoms with E-state index in [-0.39, 0.29) is 24.1 Å². The lowest BCUT2D eigenvalue weighted by Gasteiger charge is -2.32. The van der Waals surface area contributed by atoms with Gasteiger partial charge in [0.1, 0.15) is 5.75 Å². The van der Waals surface area contributed by atoms with Crippen LogP contribution in [0.25, 0.3) is 0 Å². The van der Waals surface area contributed by atoms with Crippen LogP contribution in [0, 0.1) is 0 Å². The molecule has 1 aromatic carbocycles. The molecule has 28 heavy (non-hydrogen) atoms. The van der Waals surface area contributed by atoms with Crippen molar-refractivity contribution in [3.8, 4) is 5.75 Å². The molecule has 146 valence electrons. The molecule has 0 spiro atoms. The third kappa shape index (κ3) is 3.31. The molecular formula is C20H23N5O3. The monoisotopic (exact) mass is 381 g/mol. The molecule has 1 N–H and O–H groups in total. The molecule has 0 unspecified atom stereocenters. The zero-order valence-electron chi connectivity index (χ0n) is 16.0. The highest BCUT2D eigenvalue weighted by molar-refractivity contribution is 6.24. The predicted molar refractivity (Wildman–Crippen MR) is 105 cm³/mol. The van der Waals surface area contributed by atoms with Crippen LogP contribution >= 0.6 is 0 Å². The molecular weight excluding hydrogens is 358 g/mol. The van der Waals surface area contributed by atoms with Gasteiger partial charge in [0.2, 0.25) is 5.91 Å². The Kier molecular flexibility index (Phi) is 4.95. The molecule has 4 rings (SSSR count). The Morgan fingerprint density at radius 3 is 2.61 bits per heavy atom. The molecule has 0 saturated carbocycles. The van der Waals surface area contributed by atoms with E-state index in [0.29, 0.717) is 22.9 Å². The number of aromatic nitrogens is 2. The van der Waals surface area contributed by atoms with Crippen molar-refractivity contribution in [2.45, 2.75) is 25.3 Å². The molecule has 0 bridgehead atoms. The summed E-state index contributed by atoms with van der Waals surface area (Å²) in [5.74, 6) is 0.900. The van der Waals surface area contributed by atoms with E-state index in [2.05, 4.69) is 20.4 Å². The molecule has 8 nitrogen and oxygen atoms in total. The summed E-state index contributed by atoms with van der Waals surface area (Å²) in [6.45, 7) is 1.98. The molecule has 1 fully saturated rings. The van der Waals surface area contributed by atoms with E-state index in [9.17, 15) is 9.59 Å². The highest BCUT2D eigenvalue weighted by Gasteiger charge is 2.33. The van der Waals surface area contributed by atoms with Gasteiger partial charge in [-0.2, -0.15) is 0 Å². The summed E-state index contributed by atoms with van der Waals surface area (Å²) in [6.07, 6.45) is 2.21. The molecule has 2 aliphatic heterocycles. The maximum absolute atomic E-state index is 12.9. The van der Waals surface area contributed by atoms with Gasteiger partial charge in [0, 0.05) is 18.7 Å². The van der Waals surface area contributed by atoms with Gasteiger partial charge in [0.25, 0.3) is 5.91 Å². The number of imide groups is 1. The van der Waals surface area contributed by atoms with Crippen molar-refractivity contribution in [2.75, 3.05) is 37.0 Å². The average Bonchev–Trinajstić information content (AvgIpc) is 2.74. The first-order valence-corrected chi connectivity index (χ1v) is 9.40. The Morgan fingerprint density at radius 2 is 1.93 bits per heavy atom. The number of methoxy groups -OCH3 is 1. The van der Waals surface area contributed by atoms with Crippen molar-refractivity contribution in [3.05, 3.63) is 41.5 Å². The number of anilines is 2. The second-order valence-corrected chi connectivity index (χ2v) is 7.08. The summed E-state index contributed by atoms with van der Waals surface area (Å²) in [5.41, 5.74) is 1.15. The number of carbonyl (C=O) groups is 2. The third-order valence-electron chi connectivity index (χ3n) is 5.42. The smallest absolute Gasteiger partial charge is 0.266 e. The first-order valence-electron chi connectivity index (χ1n) is 9.40. The van der Waals surface area contributed by atoms with Crippen molar-refractivity contribution < 1.29 is 14.3 Å². The number of fused-ring (bicyclic) bond motifs is 1. The van der Waals surface area contributed by atoms with Crippen LogP contribution in [-0.2, 0) is 11.2 Å². The number of carbonyl (C=O) groups excluding carboxylic acids is 2. The summed E-state index contributed by atoms with van der Waals surface area (Å²) in [7, 11) is 3.55. The minimum atomic E-state index is -0.386. The SMILES string of the molecule is COc1ccc2c(c1)CC(=O)N(c1ccc(N(C)C3CCNCC3)nn1)C2=O. The van der Waals surface area contributed by atoms with E-state index < -0.39 is 0 Å². The molecule has 2 aromatic rings. The summed E-state index contributed by atoms with van der Waals surface area (Å²) in [6, 6.07) is 9.03. The van der Waals surface area contributed by atoms with Gasteiger partial charge in [-0.3, -0.25) is 9.59 Å². The number of nitrogens with zero attached hydrogens (tertiary/aromatic N) is 4. The van der Waals surface area contributed by atoms with Crippen molar-refractivity contribution in [3.63, 3.8) is 0 Å². The Hall–Kier alpha value is -3.00. The number of ether oxygens (including phenoxy) is 1. The fourth-order valence-corrected chi connectivity index (χ4v) is 3.77. The fraction of sp³-hybridized carbons (Fsp3) is 0.400. The summed E-state index contributed by atoms with van der Waals surface area (Å²) >= 11 is 0. The third-order valence-corrected chi connectivity index (χ3v) is 5.42. The summed E-state index contributed by atoms with van der Waals surface area (Å²) < 4.78 is 5.18. The number of hydrogen-bond acceptors (Lipinski definition) is 7. The van der Waals surface area contributed by atoms with E-state index in [1.54, 1.807) is 31.4 Å². The van der Waals surface area contributed by atoms with Crippen LogP contribution in [0.3, 0.4) is 0 Å². The lowest BCUT2D eigenvalue weighted by Crippen LogP contribution is -2.43. The number of piperidine rings is 1. The van der Waals surface area contributed by atoms with Crippen LogP contribution < -0.4 is 19.9 Å². The van der Waals surface area contributed by atoms with Gasteiger partial charge in [-0.15, -0.1) is 10.2 Å². The lowest BCUT2D eigenvalue weighted by atomic mass is 9.98. The molecule has 1 aromatic heterocycles. The van der Waals surface area contributed by atoms with Gasteiger partial charge in [-0.1, -0.05) is 0 Å². The van der Waals surface area contributed by atoms with Crippen molar-refractivity contribution >= 4 is 23.5 Å². The van der Waals surface area contributed by atoms with Crippen LogP contribution in [0.15, 0.2) is 30.3 Å². The van der Waals surface area contributed by atoms with Gasteiger partial charge >= 0.3 is 0 Å². The molecule has 8 heteroatoms. The second-order valence-electron chi connectivity index (χ2n) is 7.08. The van der Waals surface area contributed by atoms with E-state index in [4.69, 9.17) is 4.74 Å². The van der Waals surface area contributed by atoms with Crippen LogP contribution in [0.1, 0.15) is 28.8 Å². The van der Waals surface area contributed by atoms with Gasteiger partial charge in [-0.05, 0) is 61.8 Å². The standard InChI is InChI=1S/C20H23N5O3/c1-24(14-7-9-21-10-8-14)17-5-6-18(23-22-17)25-19(26)12-13-11-15(28-2)3-4-16(13)20(25)27/h3-6,11,14,21H,7-10,12H2,1-2H3. The van der Waals surface area contributed by atoms with E-state index >= 15 is 0 Å². The maximum atomic E-state index is 12.9. The normalized spacial score (nSPS) is 17.4. The summed E-state index contributed by atoms with van der Waals surface area (Å²) in [5, 5.41) is 11.8. The quantitative estimate of drug-likeness (QED) is 0.801. The van der Waals surface area contributed by atoms with Gasteiger partial charge < -0.3 is 15.0 Å². The summed E-state index contributed by atoms with van der Waals surface area (Å²) in [4.78, 5) is 28.7. The highest BCUT2D eigenvalue weighted by atomic mass is 16.5. The van der Waals surface area contributed by atoms with Crippen molar-refractivity contribution in [1.29, 1.82) is 0 Å². The van der Waals surface area contributed by atoms with Crippen LogP contribution in [0.5, 0.6) is 5.75 Å². The van der Waals surface area contributed by atoms with Crippen molar-refractivity contribution in [1.82, 2.24) is 15.5 Å². The molecule has 2 amide bonds. The van der Waals surface area contributed by atoms with Crippen molar-refractivity contribution in [2.24, 2.45) is 0 Å². The Bertz CT molecular complexity index is 893. The Labute approximate surface area is 163 Å². The Balaban J connectivity index is 1.56. The topological polar surface area (TPSA) is 87.7 Å². The zero-order chi connectivity index (χ0) is 19.7. The largest absolute Gasteiger partial charge is 0.497 e. The minimum Gasteiger partial charge on any atom is -0.497 e. The first kappa shape index (κ1) is 18.4. The first-order chi connectivity index (χ1) is 13.6. The maximum Gasteiger partial charge on any atom is 0.266 e.